The second-order valence-electron chi connectivity index (χ2n) is 6.36. The van der Waals surface area contributed by atoms with E-state index in [9.17, 15) is 0 Å². The lowest BCUT2D eigenvalue weighted by Gasteiger charge is -2.36. The molecule has 24 heavy (non-hydrogen) atoms. The molecule has 2 aliphatic heterocycles. The van der Waals surface area contributed by atoms with Crippen LogP contribution in [-0.2, 0) is 0 Å². The molecular formula is C19H29N5. The van der Waals surface area contributed by atoms with Crippen LogP contribution < -0.4 is 15.5 Å². The van der Waals surface area contributed by atoms with Crippen molar-refractivity contribution in [1.82, 2.24) is 10.2 Å². The molecule has 0 spiro atoms. The predicted molar refractivity (Wildman–Crippen MR) is 103 cm³/mol. The van der Waals surface area contributed by atoms with Crippen LogP contribution in [0.2, 0.25) is 0 Å². The lowest BCUT2D eigenvalue weighted by atomic mass is 10.1. The largest absolute Gasteiger partial charge is 0.369 e. The Morgan fingerprint density at radius 1 is 1.17 bits per heavy atom. The van der Waals surface area contributed by atoms with Gasteiger partial charge in [-0.2, -0.15) is 0 Å². The van der Waals surface area contributed by atoms with Crippen molar-refractivity contribution in [3.63, 3.8) is 0 Å². The lowest BCUT2D eigenvalue weighted by Crippen LogP contribution is -2.44. The number of rotatable bonds is 6. The third kappa shape index (κ3) is 3.90. The van der Waals surface area contributed by atoms with Crippen molar-refractivity contribution in [2.75, 3.05) is 36.4 Å². The van der Waals surface area contributed by atoms with Crippen LogP contribution in [0.25, 0.3) is 0 Å². The van der Waals surface area contributed by atoms with Gasteiger partial charge in [0.15, 0.2) is 6.29 Å². The fraction of sp³-hybridized carbons (Fsp3) is 0.526. The Labute approximate surface area is 145 Å². The molecule has 0 bridgehead atoms. The minimum Gasteiger partial charge on any atom is -0.369 e. The van der Waals surface area contributed by atoms with Gasteiger partial charge in [-0.1, -0.05) is 13.8 Å². The van der Waals surface area contributed by atoms with Crippen molar-refractivity contribution in [3.05, 3.63) is 36.5 Å². The first-order chi connectivity index (χ1) is 11.8. The number of allylic oxidation sites excluding steroid dienone is 1. The molecule has 0 aliphatic carbocycles. The molecule has 2 N–H and O–H groups in total. The third-order valence-corrected chi connectivity index (χ3v) is 4.86. The quantitative estimate of drug-likeness (QED) is 0.843. The molecule has 5 heteroatoms. The Kier molecular flexibility index (Phi) is 5.75. The molecule has 2 aliphatic rings. The summed E-state index contributed by atoms with van der Waals surface area (Å²) in [5.41, 5.74) is 2.41. The van der Waals surface area contributed by atoms with Crippen molar-refractivity contribution in [2.45, 2.75) is 39.0 Å². The minimum atomic E-state index is -0.0232. The Morgan fingerprint density at radius 2 is 1.88 bits per heavy atom. The van der Waals surface area contributed by atoms with E-state index in [0.29, 0.717) is 6.04 Å². The van der Waals surface area contributed by atoms with Gasteiger partial charge in [-0.05, 0) is 43.2 Å². The molecule has 1 aromatic carbocycles. The zero-order chi connectivity index (χ0) is 16.8. The fourth-order valence-electron chi connectivity index (χ4n) is 3.41. The summed E-state index contributed by atoms with van der Waals surface area (Å²) in [5.74, 6) is 0. The van der Waals surface area contributed by atoms with Gasteiger partial charge in [-0.15, -0.1) is 0 Å². The summed E-state index contributed by atoms with van der Waals surface area (Å²) in [7, 11) is 0. The molecule has 1 unspecified atom stereocenters. The van der Waals surface area contributed by atoms with Gasteiger partial charge < -0.3 is 20.4 Å². The maximum Gasteiger partial charge on any atom is 0.196 e. The lowest BCUT2D eigenvalue weighted by molar-refractivity contribution is 0.213. The molecule has 3 rings (SSSR count). The molecule has 0 saturated carbocycles. The van der Waals surface area contributed by atoms with E-state index in [1.54, 1.807) is 0 Å². The number of piperazine rings is 1. The summed E-state index contributed by atoms with van der Waals surface area (Å²) < 4.78 is 0. The van der Waals surface area contributed by atoms with Gasteiger partial charge in [0.2, 0.25) is 0 Å². The van der Waals surface area contributed by atoms with Gasteiger partial charge in [-0.25, -0.2) is 4.99 Å². The van der Waals surface area contributed by atoms with E-state index in [1.807, 2.05) is 12.3 Å². The number of nitrogens with one attached hydrogen (secondary N) is 2. The summed E-state index contributed by atoms with van der Waals surface area (Å²) in [5, 5.41) is 6.95. The predicted octanol–water partition coefficient (Wildman–Crippen LogP) is 2.88. The van der Waals surface area contributed by atoms with E-state index in [-0.39, 0.29) is 6.29 Å². The molecule has 0 aromatic heterocycles. The first kappa shape index (κ1) is 16.8. The zero-order valence-electron chi connectivity index (χ0n) is 14.8. The summed E-state index contributed by atoms with van der Waals surface area (Å²) in [4.78, 5) is 9.37. The number of benzene rings is 1. The Morgan fingerprint density at radius 3 is 2.54 bits per heavy atom. The van der Waals surface area contributed by atoms with E-state index < -0.39 is 0 Å². The molecule has 1 aromatic rings. The van der Waals surface area contributed by atoms with Gasteiger partial charge in [0.1, 0.15) is 0 Å². The van der Waals surface area contributed by atoms with Crippen LogP contribution in [0.5, 0.6) is 0 Å². The Hall–Kier alpha value is -2.01. The van der Waals surface area contributed by atoms with Crippen LogP contribution in [0.4, 0.5) is 11.4 Å². The van der Waals surface area contributed by atoms with Gasteiger partial charge >= 0.3 is 0 Å². The first-order valence-electron chi connectivity index (χ1n) is 9.11. The van der Waals surface area contributed by atoms with Crippen molar-refractivity contribution in [3.8, 4) is 0 Å². The SMILES string of the molecule is CCC(CC)N1C=CC=NC1Nc1ccc(N2CCNCC2)cc1. The van der Waals surface area contributed by atoms with E-state index in [4.69, 9.17) is 0 Å². The van der Waals surface area contributed by atoms with Crippen LogP contribution in [0.15, 0.2) is 41.5 Å². The van der Waals surface area contributed by atoms with Crippen LogP contribution >= 0.6 is 0 Å². The number of hydrogen-bond acceptors (Lipinski definition) is 5. The summed E-state index contributed by atoms with van der Waals surface area (Å²) >= 11 is 0. The van der Waals surface area contributed by atoms with E-state index >= 15 is 0 Å². The standard InChI is InChI=1S/C19H29N5/c1-3-17(4-2)24-13-5-10-21-19(24)22-16-6-8-18(9-7-16)23-14-11-20-12-15-23/h5-10,13,17,19-20,22H,3-4,11-12,14-15H2,1-2H3. The highest BCUT2D eigenvalue weighted by molar-refractivity contribution is 5.72. The Balaban J connectivity index is 1.66. The van der Waals surface area contributed by atoms with Crippen LogP contribution in [0, 0.1) is 0 Å². The third-order valence-electron chi connectivity index (χ3n) is 4.86. The molecule has 0 radical (unpaired) electrons. The Bertz CT molecular complexity index is 556. The van der Waals surface area contributed by atoms with Crippen LogP contribution in [0.1, 0.15) is 26.7 Å². The number of hydrogen-bond donors (Lipinski definition) is 2. The maximum atomic E-state index is 4.62. The number of aliphatic imine (C=N–C) groups is 1. The first-order valence-corrected chi connectivity index (χ1v) is 9.11. The topological polar surface area (TPSA) is 42.9 Å². The van der Waals surface area contributed by atoms with E-state index in [2.05, 4.69) is 69.7 Å². The average molecular weight is 327 g/mol. The summed E-state index contributed by atoms with van der Waals surface area (Å²) in [6.07, 6.45) is 8.27. The minimum absolute atomic E-state index is 0.0232. The maximum absolute atomic E-state index is 4.62. The van der Waals surface area contributed by atoms with E-state index in [1.165, 1.54) is 5.69 Å². The molecule has 0 amide bonds. The zero-order valence-corrected chi connectivity index (χ0v) is 14.8. The van der Waals surface area contributed by atoms with Gasteiger partial charge in [-0.3, -0.25) is 0 Å². The summed E-state index contributed by atoms with van der Waals surface area (Å²) in [6.45, 7) is 8.75. The van der Waals surface area contributed by atoms with Crippen LogP contribution in [-0.4, -0.2) is 49.6 Å². The van der Waals surface area contributed by atoms with Crippen LogP contribution in [0.3, 0.4) is 0 Å². The molecule has 5 nitrogen and oxygen atoms in total. The highest BCUT2D eigenvalue weighted by Crippen LogP contribution is 2.22. The molecule has 1 saturated heterocycles. The summed E-state index contributed by atoms with van der Waals surface area (Å²) in [6, 6.07) is 9.25. The molecule has 2 heterocycles. The van der Waals surface area contributed by atoms with Crippen molar-refractivity contribution < 1.29 is 0 Å². The molecular weight excluding hydrogens is 298 g/mol. The van der Waals surface area contributed by atoms with Gasteiger partial charge in [0.05, 0.1) is 0 Å². The van der Waals surface area contributed by atoms with Gasteiger partial charge in [0, 0.05) is 56.0 Å². The molecule has 130 valence electrons. The van der Waals surface area contributed by atoms with Crippen molar-refractivity contribution >= 4 is 17.6 Å². The highest BCUT2D eigenvalue weighted by atomic mass is 15.4. The van der Waals surface area contributed by atoms with E-state index in [0.717, 1.165) is 44.7 Å². The fourth-order valence-corrected chi connectivity index (χ4v) is 3.41. The van der Waals surface area contributed by atoms with Crippen molar-refractivity contribution in [1.29, 1.82) is 0 Å². The smallest absolute Gasteiger partial charge is 0.196 e. The molecule has 1 fully saturated rings. The highest BCUT2D eigenvalue weighted by Gasteiger charge is 2.21. The second kappa shape index (κ2) is 8.20. The monoisotopic (exact) mass is 327 g/mol. The van der Waals surface area contributed by atoms with Gasteiger partial charge in [0.25, 0.3) is 0 Å². The number of nitrogens with zero attached hydrogens (tertiary/aromatic N) is 3. The average Bonchev–Trinajstić information content (AvgIpc) is 2.65. The second-order valence-corrected chi connectivity index (χ2v) is 6.36. The normalized spacial score (nSPS) is 20.7. The van der Waals surface area contributed by atoms with Crippen molar-refractivity contribution in [2.24, 2.45) is 4.99 Å². The number of anilines is 2. The molecule has 1 atom stereocenters.